The van der Waals surface area contributed by atoms with Crippen LogP contribution in [0.25, 0.3) is 0 Å². The van der Waals surface area contributed by atoms with Crippen molar-refractivity contribution in [2.75, 3.05) is 0 Å². The Bertz CT molecular complexity index is 25.3. The lowest BCUT2D eigenvalue weighted by Gasteiger charge is -1.89. The third kappa shape index (κ3) is 6.43. The van der Waals surface area contributed by atoms with Gasteiger partial charge in [-0.3, -0.25) is 0 Å². The van der Waals surface area contributed by atoms with Crippen molar-refractivity contribution >= 4 is 18.1 Å². The molecule has 0 radical (unpaired) electrons. The van der Waals surface area contributed by atoms with Gasteiger partial charge in [0.1, 0.15) is 0 Å². The molecule has 0 aromatic heterocycles. The monoisotopic (exact) mass is 132 g/mol. The van der Waals surface area contributed by atoms with E-state index in [1.807, 2.05) is 0 Å². The van der Waals surface area contributed by atoms with Crippen molar-refractivity contribution in [3.05, 3.63) is 0 Å². The molecule has 0 aliphatic carbocycles. The second-order valence-corrected chi connectivity index (χ2v) is 9.60. The third-order valence-corrected chi connectivity index (χ3v) is 6.54. The Morgan fingerprint density at radius 3 is 2.57 bits per heavy atom. The van der Waals surface area contributed by atoms with E-state index in [1.165, 1.54) is 12.8 Å². The van der Waals surface area contributed by atoms with Crippen LogP contribution in [-0.2, 0) is 0 Å². The first-order valence-corrected chi connectivity index (χ1v) is 9.83. The molecular formula is C5H16Si2. The average Bonchev–Trinajstić information content (AvgIpc) is 1.69. The maximum Gasteiger partial charge on any atom is 0.00770 e. The zero-order valence-electron chi connectivity index (χ0n) is 5.54. The van der Waals surface area contributed by atoms with Gasteiger partial charge in [0.05, 0.1) is 0 Å². The average molecular weight is 132 g/mol. The van der Waals surface area contributed by atoms with Gasteiger partial charge in [0.15, 0.2) is 0 Å². The van der Waals surface area contributed by atoms with Crippen LogP contribution in [0, 0.1) is 0 Å². The van der Waals surface area contributed by atoms with E-state index < -0.39 is 0 Å². The van der Waals surface area contributed by atoms with Gasteiger partial charge in [0.2, 0.25) is 0 Å². The van der Waals surface area contributed by atoms with Crippen molar-refractivity contribution < 1.29 is 0 Å². The lowest BCUT2D eigenvalue weighted by Crippen LogP contribution is -1.95. The molecule has 0 saturated heterocycles. The molecule has 0 spiro atoms. The second kappa shape index (κ2) is 6.43. The summed E-state index contributed by atoms with van der Waals surface area (Å²) in [7, 11) is 1.08. The summed E-state index contributed by atoms with van der Waals surface area (Å²) in [6, 6.07) is 1.64. The van der Waals surface area contributed by atoms with Crippen molar-refractivity contribution in [2.24, 2.45) is 0 Å². The molecule has 2 heteroatoms. The summed E-state index contributed by atoms with van der Waals surface area (Å²) in [5, 5.41) is 0. The van der Waals surface area contributed by atoms with E-state index in [0.717, 1.165) is 0 Å². The van der Waals surface area contributed by atoms with Crippen molar-refractivity contribution in [3.8, 4) is 0 Å². The van der Waals surface area contributed by atoms with E-state index in [9.17, 15) is 0 Å². The van der Waals surface area contributed by atoms with Gasteiger partial charge in [-0.2, -0.15) is 0 Å². The summed E-state index contributed by atoms with van der Waals surface area (Å²) in [6.07, 6.45) is 2.94. The Balaban J connectivity index is 2.45. The van der Waals surface area contributed by atoms with E-state index in [-0.39, 0.29) is 0 Å². The van der Waals surface area contributed by atoms with Gasteiger partial charge in [0.25, 0.3) is 0 Å². The number of unbranched alkanes of at least 4 members (excludes halogenated alkanes) is 1. The Morgan fingerprint density at radius 1 is 1.43 bits per heavy atom. The van der Waals surface area contributed by atoms with Crippen molar-refractivity contribution in [2.45, 2.75) is 32.4 Å². The van der Waals surface area contributed by atoms with E-state index >= 15 is 0 Å². The summed E-state index contributed by atoms with van der Waals surface area (Å²) < 4.78 is 0. The quantitative estimate of drug-likeness (QED) is 0.386. The van der Waals surface area contributed by atoms with Crippen LogP contribution in [0.2, 0.25) is 12.6 Å². The third-order valence-electron chi connectivity index (χ3n) is 1.21. The van der Waals surface area contributed by atoms with Crippen LogP contribution in [-0.4, -0.2) is 18.1 Å². The summed E-state index contributed by atoms with van der Waals surface area (Å²) in [5.74, 6) is 0. The van der Waals surface area contributed by atoms with Crippen LogP contribution in [0.3, 0.4) is 0 Å². The molecule has 0 aliphatic heterocycles. The molecule has 0 aromatic carbocycles. The Kier molecular flexibility index (Phi) is 6.83. The van der Waals surface area contributed by atoms with Crippen molar-refractivity contribution in [3.63, 3.8) is 0 Å². The van der Waals surface area contributed by atoms with Crippen LogP contribution < -0.4 is 0 Å². The first kappa shape index (κ1) is 7.43. The molecule has 0 nitrogen and oxygen atoms in total. The van der Waals surface area contributed by atoms with E-state index in [1.54, 1.807) is 6.04 Å². The Labute approximate surface area is 51.1 Å². The summed E-state index contributed by atoms with van der Waals surface area (Å²) in [4.78, 5) is 0. The highest BCUT2D eigenvalue weighted by Gasteiger charge is 1.81. The molecule has 0 rings (SSSR count). The molecule has 0 aromatic rings. The number of hydrogen-bond donors (Lipinski definition) is 0. The standard InChI is InChI=1S/C5H16Si2/c1-3-4-5-7-6-2/h3-7H2,1-2H3. The number of hydrogen-bond acceptors (Lipinski definition) is 0. The highest BCUT2D eigenvalue weighted by Crippen LogP contribution is 1.90. The normalized spacial score (nSPS) is 12.9. The van der Waals surface area contributed by atoms with Gasteiger partial charge in [-0.25, -0.2) is 0 Å². The maximum absolute atomic E-state index is 2.45. The fourth-order valence-corrected chi connectivity index (χ4v) is 4.59. The minimum atomic E-state index is 0.533. The summed E-state index contributed by atoms with van der Waals surface area (Å²) in [5.41, 5.74) is 0. The van der Waals surface area contributed by atoms with Gasteiger partial charge >= 0.3 is 0 Å². The largest absolute Gasteiger partial charge is 0.0771 e. The molecule has 0 unspecified atom stereocenters. The molecule has 0 amide bonds. The molecule has 0 atom stereocenters. The fraction of sp³-hybridized carbons (Fsp3) is 1.00. The van der Waals surface area contributed by atoms with Gasteiger partial charge in [-0.05, 0) is 0 Å². The SMILES string of the molecule is CCCC[SiH2][SiH2]C. The van der Waals surface area contributed by atoms with Gasteiger partial charge in [-0.1, -0.05) is 32.4 Å². The maximum atomic E-state index is 2.45. The molecule has 44 valence electrons. The minimum absolute atomic E-state index is 0.533. The Morgan fingerprint density at radius 2 is 2.14 bits per heavy atom. The van der Waals surface area contributed by atoms with Crippen LogP contribution >= 0.6 is 0 Å². The van der Waals surface area contributed by atoms with Crippen LogP contribution in [0.4, 0.5) is 0 Å². The predicted molar refractivity (Wildman–Crippen MR) is 42.7 cm³/mol. The van der Waals surface area contributed by atoms with Gasteiger partial charge in [-0.15, -0.1) is 0 Å². The first-order chi connectivity index (χ1) is 3.41. The van der Waals surface area contributed by atoms with Crippen LogP contribution in [0.15, 0.2) is 0 Å². The predicted octanol–water partition coefficient (Wildman–Crippen LogP) is 0.505. The Hall–Kier alpha value is 0.434. The highest BCUT2D eigenvalue weighted by atomic mass is 29.1. The van der Waals surface area contributed by atoms with Crippen LogP contribution in [0.1, 0.15) is 19.8 Å². The van der Waals surface area contributed by atoms with E-state index in [2.05, 4.69) is 13.5 Å². The molecular weight excluding hydrogens is 116 g/mol. The lowest BCUT2D eigenvalue weighted by atomic mass is 10.4. The lowest BCUT2D eigenvalue weighted by molar-refractivity contribution is 0.882. The fourth-order valence-electron chi connectivity index (χ4n) is 0.677. The molecule has 0 heterocycles. The second-order valence-electron chi connectivity index (χ2n) is 2.06. The summed E-state index contributed by atoms with van der Waals surface area (Å²) >= 11 is 0. The van der Waals surface area contributed by atoms with Gasteiger partial charge in [0, 0.05) is 18.1 Å². The number of rotatable bonds is 4. The molecule has 0 saturated carbocycles. The molecule has 0 fully saturated rings. The van der Waals surface area contributed by atoms with E-state index in [4.69, 9.17) is 0 Å². The topological polar surface area (TPSA) is 0 Å². The highest BCUT2D eigenvalue weighted by molar-refractivity contribution is 6.99. The molecule has 7 heavy (non-hydrogen) atoms. The van der Waals surface area contributed by atoms with Crippen molar-refractivity contribution in [1.29, 1.82) is 0 Å². The van der Waals surface area contributed by atoms with Crippen molar-refractivity contribution in [1.82, 2.24) is 0 Å². The minimum Gasteiger partial charge on any atom is -0.0771 e. The smallest absolute Gasteiger partial charge is 0.00770 e. The molecule has 0 bridgehead atoms. The molecule has 0 N–H and O–H groups in total. The zero-order valence-corrected chi connectivity index (χ0v) is 8.36. The first-order valence-electron chi connectivity index (χ1n) is 3.41. The zero-order chi connectivity index (χ0) is 5.54. The van der Waals surface area contributed by atoms with Crippen LogP contribution in [0.5, 0.6) is 0 Å². The molecule has 0 aliphatic rings. The summed E-state index contributed by atoms with van der Waals surface area (Å²) in [6.45, 7) is 4.73. The van der Waals surface area contributed by atoms with E-state index in [0.29, 0.717) is 18.1 Å². The van der Waals surface area contributed by atoms with Gasteiger partial charge < -0.3 is 0 Å².